The van der Waals surface area contributed by atoms with E-state index in [1.54, 1.807) is 12.1 Å². The van der Waals surface area contributed by atoms with Crippen LogP contribution in [0.15, 0.2) is 38.1 Å². The standard InChI is InChI=1S/C8H4BrNO2/c9-5-1-2-6-7(3-5)12-8(11)4-10-6/h1-4H. The van der Waals surface area contributed by atoms with Gasteiger partial charge in [-0.25, -0.2) is 9.78 Å². The zero-order valence-corrected chi connectivity index (χ0v) is 7.54. The van der Waals surface area contributed by atoms with Crippen molar-refractivity contribution in [3.8, 4) is 0 Å². The Hall–Kier alpha value is -1.16. The van der Waals surface area contributed by atoms with Gasteiger partial charge in [0, 0.05) is 4.47 Å². The van der Waals surface area contributed by atoms with E-state index in [9.17, 15) is 4.79 Å². The minimum Gasteiger partial charge on any atom is -0.420 e. The lowest BCUT2D eigenvalue weighted by molar-refractivity contribution is 0.554. The molecular formula is C8H4BrNO2. The SMILES string of the molecule is O=c1cnc2ccc(Br)cc2o1. The molecule has 0 fully saturated rings. The summed E-state index contributed by atoms with van der Waals surface area (Å²) in [6.07, 6.45) is 1.16. The Kier molecular flexibility index (Phi) is 1.69. The lowest BCUT2D eigenvalue weighted by Gasteiger charge is -1.93. The van der Waals surface area contributed by atoms with Crippen molar-refractivity contribution in [2.24, 2.45) is 0 Å². The Morgan fingerprint density at radius 3 is 3.08 bits per heavy atom. The Morgan fingerprint density at radius 2 is 2.25 bits per heavy atom. The zero-order chi connectivity index (χ0) is 8.55. The van der Waals surface area contributed by atoms with Gasteiger partial charge in [0.1, 0.15) is 11.7 Å². The summed E-state index contributed by atoms with van der Waals surface area (Å²) in [6, 6.07) is 5.33. The Labute approximate surface area is 76.2 Å². The molecule has 2 aromatic rings. The third kappa shape index (κ3) is 1.25. The molecule has 0 radical (unpaired) electrons. The summed E-state index contributed by atoms with van der Waals surface area (Å²) in [5.74, 6) is 0. The maximum atomic E-state index is 10.8. The Morgan fingerprint density at radius 1 is 1.42 bits per heavy atom. The average Bonchev–Trinajstić information content (AvgIpc) is 2.03. The number of rotatable bonds is 0. The van der Waals surface area contributed by atoms with Crippen LogP contribution in [0.1, 0.15) is 0 Å². The normalized spacial score (nSPS) is 10.4. The molecule has 0 aliphatic carbocycles. The smallest absolute Gasteiger partial charge is 0.354 e. The number of halogens is 1. The van der Waals surface area contributed by atoms with Crippen LogP contribution in [0, 0.1) is 0 Å². The molecule has 0 aliphatic rings. The van der Waals surface area contributed by atoms with Crippen LogP contribution in [0.25, 0.3) is 11.1 Å². The summed E-state index contributed by atoms with van der Waals surface area (Å²) >= 11 is 3.27. The van der Waals surface area contributed by atoms with Crippen LogP contribution in [0.2, 0.25) is 0 Å². The number of benzene rings is 1. The molecule has 0 N–H and O–H groups in total. The topological polar surface area (TPSA) is 43.1 Å². The summed E-state index contributed by atoms with van der Waals surface area (Å²) < 4.78 is 5.76. The molecule has 1 heterocycles. The molecular weight excluding hydrogens is 222 g/mol. The molecule has 4 heteroatoms. The summed E-state index contributed by atoms with van der Waals surface area (Å²) in [5, 5.41) is 0. The molecule has 0 unspecified atom stereocenters. The van der Waals surface area contributed by atoms with Gasteiger partial charge in [0.2, 0.25) is 0 Å². The molecule has 0 bridgehead atoms. The molecule has 12 heavy (non-hydrogen) atoms. The highest BCUT2D eigenvalue weighted by molar-refractivity contribution is 9.10. The lowest BCUT2D eigenvalue weighted by Crippen LogP contribution is -1.97. The van der Waals surface area contributed by atoms with Gasteiger partial charge in [-0.15, -0.1) is 0 Å². The Balaban J connectivity index is 2.89. The number of fused-ring (bicyclic) bond motifs is 1. The van der Waals surface area contributed by atoms with Crippen molar-refractivity contribution in [1.82, 2.24) is 4.98 Å². The maximum Gasteiger partial charge on any atom is 0.354 e. The van der Waals surface area contributed by atoms with Crippen LogP contribution in [0.3, 0.4) is 0 Å². The highest BCUT2D eigenvalue weighted by atomic mass is 79.9. The first-order chi connectivity index (χ1) is 5.75. The summed E-state index contributed by atoms with van der Waals surface area (Å²) in [5.41, 5.74) is 0.746. The van der Waals surface area contributed by atoms with E-state index in [-0.39, 0.29) is 0 Å². The lowest BCUT2D eigenvalue weighted by atomic mass is 10.3. The van der Waals surface area contributed by atoms with Crippen molar-refractivity contribution in [3.05, 3.63) is 39.3 Å². The van der Waals surface area contributed by atoms with Crippen molar-refractivity contribution in [3.63, 3.8) is 0 Å². The van der Waals surface area contributed by atoms with E-state index < -0.39 is 5.63 Å². The highest BCUT2D eigenvalue weighted by Gasteiger charge is 1.97. The monoisotopic (exact) mass is 225 g/mol. The van der Waals surface area contributed by atoms with Crippen molar-refractivity contribution in [1.29, 1.82) is 0 Å². The molecule has 2 rings (SSSR count). The van der Waals surface area contributed by atoms with E-state index in [0.717, 1.165) is 10.7 Å². The van der Waals surface area contributed by atoms with Crippen molar-refractivity contribution in [2.75, 3.05) is 0 Å². The predicted octanol–water partition coefficient (Wildman–Crippen LogP) is 1.95. The van der Waals surface area contributed by atoms with Crippen LogP contribution >= 0.6 is 15.9 Å². The molecule has 0 amide bonds. The van der Waals surface area contributed by atoms with E-state index in [2.05, 4.69) is 20.9 Å². The van der Waals surface area contributed by atoms with E-state index in [0.29, 0.717) is 11.1 Å². The van der Waals surface area contributed by atoms with Gasteiger partial charge in [-0.1, -0.05) is 15.9 Å². The van der Waals surface area contributed by atoms with Gasteiger partial charge in [-0.3, -0.25) is 0 Å². The molecule has 0 atom stereocenters. The van der Waals surface area contributed by atoms with E-state index in [4.69, 9.17) is 4.42 Å². The number of aromatic nitrogens is 1. The van der Waals surface area contributed by atoms with Gasteiger partial charge in [0.05, 0.1) is 0 Å². The van der Waals surface area contributed by atoms with Gasteiger partial charge in [-0.2, -0.15) is 0 Å². The first-order valence-electron chi connectivity index (χ1n) is 3.31. The zero-order valence-electron chi connectivity index (χ0n) is 5.95. The summed E-state index contributed by atoms with van der Waals surface area (Å²) in [4.78, 5) is 14.6. The molecule has 1 aromatic heterocycles. The number of hydrogen-bond donors (Lipinski definition) is 0. The minimum absolute atomic E-state index is 0.430. The van der Waals surface area contributed by atoms with Gasteiger partial charge >= 0.3 is 5.63 Å². The first-order valence-corrected chi connectivity index (χ1v) is 4.10. The molecule has 3 nitrogen and oxygen atoms in total. The average molecular weight is 226 g/mol. The number of nitrogens with zero attached hydrogens (tertiary/aromatic N) is 1. The van der Waals surface area contributed by atoms with Gasteiger partial charge < -0.3 is 4.42 Å². The summed E-state index contributed by atoms with van der Waals surface area (Å²) in [7, 11) is 0. The minimum atomic E-state index is -0.430. The van der Waals surface area contributed by atoms with Crippen LogP contribution in [0.4, 0.5) is 0 Å². The second-order valence-corrected chi connectivity index (χ2v) is 3.21. The van der Waals surface area contributed by atoms with E-state index in [1.807, 2.05) is 6.07 Å². The third-order valence-corrected chi connectivity index (χ3v) is 1.93. The van der Waals surface area contributed by atoms with E-state index in [1.165, 1.54) is 0 Å². The largest absolute Gasteiger partial charge is 0.420 e. The highest BCUT2D eigenvalue weighted by Crippen LogP contribution is 2.15. The van der Waals surface area contributed by atoms with Crippen molar-refractivity contribution < 1.29 is 4.42 Å². The van der Waals surface area contributed by atoms with Gasteiger partial charge in [-0.05, 0) is 18.2 Å². The van der Waals surface area contributed by atoms with Crippen LogP contribution < -0.4 is 5.63 Å². The Bertz CT molecular complexity index is 478. The molecule has 60 valence electrons. The number of hydrogen-bond acceptors (Lipinski definition) is 3. The maximum absolute atomic E-state index is 10.8. The predicted molar refractivity (Wildman–Crippen MR) is 48.0 cm³/mol. The second-order valence-electron chi connectivity index (χ2n) is 2.29. The van der Waals surface area contributed by atoms with Crippen LogP contribution in [-0.4, -0.2) is 4.98 Å². The van der Waals surface area contributed by atoms with Gasteiger partial charge in [0.25, 0.3) is 0 Å². The van der Waals surface area contributed by atoms with Gasteiger partial charge in [0.15, 0.2) is 5.58 Å². The van der Waals surface area contributed by atoms with E-state index >= 15 is 0 Å². The first kappa shape index (κ1) is 7.49. The third-order valence-electron chi connectivity index (χ3n) is 1.44. The molecule has 0 spiro atoms. The molecule has 0 saturated carbocycles. The van der Waals surface area contributed by atoms with Crippen molar-refractivity contribution in [2.45, 2.75) is 0 Å². The molecule has 1 aromatic carbocycles. The van der Waals surface area contributed by atoms with Crippen LogP contribution in [0.5, 0.6) is 0 Å². The van der Waals surface area contributed by atoms with Crippen LogP contribution in [-0.2, 0) is 0 Å². The fourth-order valence-corrected chi connectivity index (χ4v) is 1.27. The fourth-order valence-electron chi connectivity index (χ4n) is 0.933. The summed E-state index contributed by atoms with van der Waals surface area (Å²) in [6.45, 7) is 0. The molecule has 0 saturated heterocycles. The quantitative estimate of drug-likeness (QED) is 0.689. The fraction of sp³-hybridized carbons (Fsp3) is 0. The second kappa shape index (κ2) is 2.71. The molecule has 0 aliphatic heterocycles. The van der Waals surface area contributed by atoms with Crippen molar-refractivity contribution >= 4 is 27.0 Å².